The van der Waals surface area contributed by atoms with E-state index >= 15 is 0 Å². The molecular weight excluding hydrogens is 697 g/mol. The first-order valence-electron chi connectivity index (χ1n) is 17.9. The molecule has 4 heterocycles. The Hall–Kier alpha value is -6.86. The van der Waals surface area contributed by atoms with Crippen LogP contribution in [0, 0.1) is 13.8 Å². The van der Waals surface area contributed by atoms with Crippen molar-refractivity contribution >= 4 is 22.3 Å². The van der Waals surface area contributed by atoms with Crippen LogP contribution in [0.25, 0.3) is 33.7 Å². The predicted molar refractivity (Wildman–Crippen MR) is 215 cm³/mol. The molecule has 0 fully saturated rings. The molecule has 8 aromatic rings. The van der Waals surface area contributed by atoms with Gasteiger partial charge in [-0.3, -0.25) is 18.7 Å². The topological polar surface area (TPSA) is 177 Å². The number of aromatic nitrogens is 8. The van der Waals surface area contributed by atoms with E-state index in [0.717, 1.165) is 46.5 Å². The zero-order chi connectivity index (χ0) is 37.9. The predicted octanol–water partition coefficient (Wildman–Crippen LogP) is 4.76. The second-order valence-corrected chi connectivity index (χ2v) is 13.1. The SMILES string of the molecule is CCc1ccc(Cn2c(=O)c3[nH]cnc3n(-c3ccccc3C)c2=O)cc1.CCc1ccc(Cn2c(=O)c3[nH]cnc3n(-c3ccccc3C)c2=O)cc1.O. The summed E-state index contributed by atoms with van der Waals surface area (Å²) in [6.45, 7) is 8.46. The molecule has 4 aromatic carbocycles. The smallest absolute Gasteiger partial charge is 0.337 e. The average Bonchev–Trinajstić information content (AvgIpc) is 3.89. The molecule has 0 bridgehead atoms. The first-order chi connectivity index (χ1) is 26.2. The zero-order valence-corrected chi connectivity index (χ0v) is 31.0. The van der Waals surface area contributed by atoms with Gasteiger partial charge in [-0.2, -0.15) is 0 Å². The van der Waals surface area contributed by atoms with Gasteiger partial charge in [0.15, 0.2) is 11.3 Å². The first kappa shape index (κ1) is 37.9. The summed E-state index contributed by atoms with van der Waals surface area (Å²) in [5, 5.41) is 0. The van der Waals surface area contributed by atoms with Crippen LogP contribution in [0.2, 0.25) is 0 Å². The van der Waals surface area contributed by atoms with Crippen LogP contribution >= 0.6 is 0 Å². The first-order valence-corrected chi connectivity index (χ1v) is 17.9. The minimum Gasteiger partial charge on any atom is -0.412 e. The van der Waals surface area contributed by atoms with E-state index in [1.807, 2.05) is 111 Å². The molecule has 0 aliphatic carbocycles. The van der Waals surface area contributed by atoms with Gasteiger partial charge < -0.3 is 15.4 Å². The Morgan fingerprint density at radius 1 is 0.509 bits per heavy atom. The van der Waals surface area contributed by atoms with Gasteiger partial charge in [0.2, 0.25) is 0 Å². The molecule has 13 heteroatoms. The molecule has 55 heavy (non-hydrogen) atoms. The van der Waals surface area contributed by atoms with E-state index in [2.05, 4.69) is 33.8 Å². The molecule has 8 rings (SSSR count). The van der Waals surface area contributed by atoms with Gasteiger partial charge in [0.25, 0.3) is 11.1 Å². The van der Waals surface area contributed by atoms with E-state index in [4.69, 9.17) is 0 Å². The highest BCUT2D eigenvalue weighted by molar-refractivity contribution is 5.72. The molecule has 0 amide bonds. The molecule has 0 aliphatic heterocycles. The molecule has 0 aliphatic rings. The number of nitrogens with zero attached hydrogens (tertiary/aromatic N) is 6. The van der Waals surface area contributed by atoms with Crippen molar-refractivity contribution in [3.8, 4) is 11.4 Å². The number of nitrogens with one attached hydrogen (secondary N) is 2. The van der Waals surface area contributed by atoms with Crippen LogP contribution in [-0.2, 0) is 25.9 Å². The molecule has 0 saturated carbocycles. The highest BCUT2D eigenvalue weighted by atomic mass is 16.2. The third kappa shape index (κ3) is 7.25. The van der Waals surface area contributed by atoms with E-state index in [0.29, 0.717) is 22.3 Å². The molecule has 0 unspecified atom stereocenters. The van der Waals surface area contributed by atoms with Gasteiger partial charge in [-0.15, -0.1) is 0 Å². The Kier molecular flexibility index (Phi) is 11.0. The fraction of sp³-hybridized carbons (Fsp3) is 0.190. The lowest BCUT2D eigenvalue weighted by Crippen LogP contribution is -2.40. The van der Waals surface area contributed by atoms with Crippen molar-refractivity contribution in [1.82, 2.24) is 38.2 Å². The fourth-order valence-corrected chi connectivity index (χ4v) is 6.56. The van der Waals surface area contributed by atoms with Gasteiger partial charge in [-0.1, -0.05) is 98.8 Å². The molecule has 0 spiro atoms. The van der Waals surface area contributed by atoms with Crippen LogP contribution in [-0.4, -0.2) is 43.7 Å². The standard InChI is InChI=1S/2C21H20N4O2.H2O/c2*1-3-15-8-10-16(11-9-15)12-24-20(26)18-19(23-13-22-18)25(21(24)27)17-7-5-4-6-14(17)2;/h2*4-11,13H,3,12H2,1-2H3,(H,22,23);1H2. The van der Waals surface area contributed by atoms with Gasteiger partial charge in [0.05, 0.1) is 37.1 Å². The maximum Gasteiger partial charge on any atom is 0.337 e. The third-order valence-corrected chi connectivity index (χ3v) is 9.68. The number of para-hydroxylation sites is 2. The van der Waals surface area contributed by atoms with Crippen molar-refractivity contribution in [2.75, 3.05) is 0 Å². The lowest BCUT2D eigenvalue weighted by molar-refractivity contribution is 0.682. The number of aryl methyl sites for hydroxylation is 4. The van der Waals surface area contributed by atoms with Gasteiger partial charge >= 0.3 is 11.4 Å². The van der Waals surface area contributed by atoms with Crippen molar-refractivity contribution in [2.45, 2.75) is 53.6 Å². The number of imidazole rings is 2. The highest BCUT2D eigenvalue weighted by Gasteiger charge is 2.19. The Bertz CT molecular complexity index is 2660. The Morgan fingerprint density at radius 3 is 1.20 bits per heavy atom. The highest BCUT2D eigenvalue weighted by Crippen LogP contribution is 2.17. The molecule has 0 saturated heterocycles. The summed E-state index contributed by atoms with van der Waals surface area (Å²) in [5.74, 6) is 0. The largest absolute Gasteiger partial charge is 0.412 e. The number of aromatic amines is 2. The molecule has 4 aromatic heterocycles. The average molecular weight is 739 g/mol. The monoisotopic (exact) mass is 738 g/mol. The minimum atomic E-state index is -0.395. The fourth-order valence-electron chi connectivity index (χ4n) is 6.56. The Morgan fingerprint density at radius 2 is 0.855 bits per heavy atom. The normalized spacial score (nSPS) is 11.0. The third-order valence-electron chi connectivity index (χ3n) is 9.68. The second kappa shape index (κ2) is 16.0. The zero-order valence-electron chi connectivity index (χ0n) is 31.0. The van der Waals surface area contributed by atoms with E-state index in [9.17, 15) is 19.2 Å². The number of rotatable bonds is 8. The van der Waals surface area contributed by atoms with Gasteiger partial charge in [0.1, 0.15) is 11.0 Å². The van der Waals surface area contributed by atoms with Crippen LogP contribution in [0.3, 0.4) is 0 Å². The van der Waals surface area contributed by atoms with Crippen molar-refractivity contribution < 1.29 is 5.48 Å². The molecule has 4 N–H and O–H groups in total. The van der Waals surface area contributed by atoms with E-state index in [1.165, 1.54) is 42.0 Å². The van der Waals surface area contributed by atoms with Crippen LogP contribution in [0.15, 0.2) is 129 Å². The summed E-state index contributed by atoms with van der Waals surface area (Å²) >= 11 is 0. The van der Waals surface area contributed by atoms with Crippen molar-refractivity contribution in [1.29, 1.82) is 0 Å². The van der Waals surface area contributed by atoms with E-state index < -0.39 is 11.4 Å². The summed E-state index contributed by atoms with van der Waals surface area (Å²) in [5.41, 5.74) is 7.35. The van der Waals surface area contributed by atoms with Crippen molar-refractivity contribution in [3.63, 3.8) is 0 Å². The van der Waals surface area contributed by atoms with Crippen LogP contribution in [0.4, 0.5) is 0 Å². The van der Waals surface area contributed by atoms with Crippen LogP contribution < -0.4 is 22.5 Å². The lowest BCUT2D eigenvalue weighted by Gasteiger charge is -2.13. The molecule has 0 radical (unpaired) electrons. The van der Waals surface area contributed by atoms with Gasteiger partial charge in [0, 0.05) is 0 Å². The number of benzene rings is 4. The van der Waals surface area contributed by atoms with Crippen LogP contribution in [0.1, 0.15) is 47.2 Å². The van der Waals surface area contributed by atoms with E-state index in [-0.39, 0.29) is 29.7 Å². The summed E-state index contributed by atoms with van der Waals surface area (Å²) in [6.07, 6.45) is 4.78. The molecule has 13 nitrogen and oxygen atoms in total. The van der Waals surface area contributed by atoms with Gasteiger partial charge in [-0.25, -0.2) is 28.7 Å². The van der Waals surface area contributed by atoms with Crippen molar-refractivity contribution in [3.05, 3.63) is 185 Å². The number of fused-ring (bicyclic) bond motifs is 2. The second-order valence-electron chi connectivity index (χ2n) is 13.1. The maximum absolute atomic E-state index is 13.3. The maximum atomic E-state index is 13.3. The molecular formula is C42H42N8O5. The Labute approximate surface area is 315 Å². The van der Waals surface area contributed by atoms with Gasteiger partial charge in [-0.05, 0) is 72.2 Å². The van der Waals surface area contributed by atoms with Crippen molar-refractivity contribution in [2.24, 2.45) is 0 Å². The lowest BCUT2D eigenvalue weighted by atomic mass is 10.1. The molecule has 0 atom stereocenters. The summed E-state index contributed by atoms with van der Waals surface area (Å²) in [6, 6.07) is 31.1. The number of H-pyrrole nitrogens is 2. The summed E-state index contributed by atoms with van der Waals surface area (Å²) in [7, 11) is 0. The Balaban J connectivity index is 0.000000184. The van der Waals surface area contributed by atoms with E-state index in [1.54, 1.807) is 0 Å². The minimum absolute atomic E-state index is 0. The number of hydrogen-bond donors (Lipinski definition) is 2. The summed E-state index contributed by atoms with van der Waals surface area (Å²) in [4.78, 5) is 66.5. The number of hydrogen-bond acceptors (Lipinski definition) is 6. The van der Waals surface area contributed by atoms with Crippen LogP contribution in [0.5, 0.6) is 0 Å². The summed E-state index contributed by atoms with van der Waals surface area (Å²) < 4.78 is 5.52. The molecule has 280 valence electrons. The quantitative estimate of drug-likeness (QED) is 0.227.